The highest BCUT2D eigenvalue weighted by atomic mass is 35.5. The van der Waals surface area contributed by atoms with Crippen molar-refractivity contribution >= 4 is 11.6 Å². The monoisotopic (exact) mass is 265 g/mol. The second-order valence-electron chi connectivity index (χ2n) is 5.56. The van der Waals surface area contributed by atoms with Gasteiger partial charge in [0.1, 0.15) is 0 Å². The third-order valence-electron chi connectivity index (χ3n) is 4.51. The molecule has 0 aromatic heterocycles. The number of methoxy groups -OCH3 is 1. The van der Waals surface area contributed by atoms with E-state index in [1.807, 2.05) is 12.1 Å². The van der Waals surface area contributed by atoms with Crippen molar-refractivity contribution in [1.82, 2.24) is 5.32 Å². The van der Waals surface area contributed by atoms with Gasteiger partial charge in [0.05, 0.1) is 6.61 Å². The zero-order valence-corrected chi connectivity index (χ0v) is 11.5. The molecule has 2 saturated heterocycles. The average Bonchev–Trinajstić information content (AvgIpc) is 2.77. The minimum Gasteiger partial charge on any atom is -0.384 e. The molecule has 0 unspecified atom stereocenters. The molecule has 2 heterocycles. The van der Waals surface area contributed by atoms with Gasteiger partial charge in [-0.3, -0.25) is 0 Å². The summed E-state index contributed by atoms with van der Waals surface area (Å²) in [7, 11) is 1.81. The van der Waals surface area contributed by atoms with Crippen molar-refractivity contribution in [2.45, 2.75) is 37.3 Å². The first-order valence-corrected chi connectivity index (χ1v) is 7.16. The molecule has 4 atom stereocenters. The molecule has 2 aliphatic heterocycles. The topological polar surface area (TPSA) is 21.3 Å². The number of ether oxygens (including phenoxy) is 1. The summed E-state index contributed by atoms with van der Waals surface area (Å²) < 4.78 is 5.44. The number of hydrogen-bond acceptors (Lipinski definition) is 2. The van der Waals surface area contributed by atoms with Crippen molar-refractivity contribution in [3.63, 3.8) is 0 Å². The summed E-state index contributed by atoms with van der Waals surface area (Å²) in [5.41, 5.74) is 1.42. The highest BCUT2D eigenvalue weighted by Gasteiger charge is 2.41. The maximum atomic E-state index is 5.98. The molecule has 2 fully saturated rings. The van der Waals surface area contributed by atoms with Gasteiger partial charge in [-0.15, -0.1) is 0 Å². The summed E-state index contributed by atoms with van der Waals surface area (Å²) in [4.78, 5) is 0. The van der Waals surface area contributed by atoms with Gasteiger partial charge < -0.3 is 10.1 Å². The van der Waals surface area contributed by atoms with Crippen molar-refractivity contribution in [3.05, 3.63) is 34.9 Å². The zero-order chi connectivity index (χ0) is 12.5. The van der Waals surface area contributed by atoms with Crippen LogP contribution in [0.3, 0.4) is 0 Å². The van der Waals surface area contributed by atoms with Crippen LogP contribution in [0, 0.1) is 5.92 Å². The standard InChI is InChI=1S/C15H20ClNO/c1-18-9-14-13(8-12-6-7-15(14)17-12)10-2-4-11(16)5-3-10/h2-5,12-15,17H,6-9H2,1H3/t12-,13+,14+,15+/m0/s1. The number of hydrogen-bond donors (Lipinski definition) is 1. The molecule has 1 N–H and O–H groups in total. The molecule has 2 bridgehead atoms. The molecule has 98 valence electrons. The van der Waals surface area contributed by atoms with E-state index in [4.69, 9.17) is 16.3 Å². The molecule has 18 heavy (non-hydrogen) atoms. The normalized spacial score (nSPS) is 34.8. The first-order valence-electron chi connectivity index (χ1n) is 6.78. The van der Waals surface area contributed by atoms with Crippen LogP contribution in [0.2, 0.25) is 5.02 Å². The maximum absolute atomic E-state index is 5.98. The van der Waals surface area contributed by atoms with Gasteiger partial charge >= 0.3 is 0 Å². The Bertz CT molecular complexity index is 405. The Morgan fingerprint density at radius 1 is 1.28 bits per heavy atom. The molecule has 1 aromatic rings. The number of benzene rings is 1. The summed E-state index contributed by atoms with van der Waals surface area (Å²) in [6.45, 7) is 0.845. The highest BCUT2D eigenvalue weighted by molar-refractivity contribution is 6.30. The summed E-state index contributed by atoms with van der Waals surface area (Å²) in [6.07, 6.45) is 3.84. The maximum Gasteiger partial charge on any atom is 0.0511 e. The SMILES string of the molecule is COC[C@@H]1[C@@H](c2ccc(Cl)cc2)C[C@@H]2CC[C@H]1N2. The molecule has 0 radical (unpaired) electrons. The van der Waals surface area contributed by atoms with E-state index in [1.165, 1.54) is 24.8 Å². The lowest BCUT2D eigenvalue weighted by Gasteiger charge is -2.37. The predicted molar refractivity (Wildman–Crippen MR) is 74.1 cm³/mol. The number of fused-ring (bicyclic) bond motifs is 2. The van der Waals surface area contributed by atoms with Crippen LogP contribution in [0.4, 0.5) is 0 Å². The third kappa shape index (κ3) is 2.29. The lowest BCUT2D eigenvalue weighted by molar-refractivity contribution is 0.101. The van der Waals surface area contributed by atoms with E-state index < -0.39 is 0 Å². The molecule has 0 amide bonds. The first-order chi connectivity index (χ1) is 8.78. The van der Waals surface area contributed by atoms with E-state index in [-0.39, 0.29) is 0 Å². The van der Waals surface area contributed by atoms with Gasteiger partial charge in [0.15, 0.2) is 0 Å². The minimum absolute atomic E-state index is 0.593. The Labute approximate surface area is 114 Å². The van der Waals surface area contributed by atoms with Crippen LogP contribution in [0.25, 0.3) is 0 Å². The molecule has 3 rings (SSSR count). The van der Waals surface area contributed by atoms with Crippen molar-refractivity contribution < 1.29 is 4.74 Å². The van der Waals surface area contributed by atoms with Crippen LogP contribution in [-0.4, -0.2) is 25.8 Å². The lowest BCUT2D eigenvalue weighted by atomic mass is 9.77. The second-order valence-corrected chi connectivity index (χ2v) is 6.00. The van der Waals surface area contributed by atoms with Crippen LogP contribution < -0.4 is 5.32 Å². The Balaban J connectivity index is 1.86. The van der Waals surface area contributed by atoms with Crippen molar-refractivity contribution in [2.24, 2.45) is 5.92 Å². The lowest BCUT2D eigenvalue weighted by Crippen LogP contribution is -2.46. The number of rotatable bonds is 3. The van der Waals surface area contributed by atoms with Crippen molar-refractivity contribution in [1.29, 1.82) is 0 Å². The van der Waals surface area contributed by atoms with Gasteiger partial charge in [-0.05, 0) is 42.9 Å². The van der Waals surface area contributed by atoms with Crippen LogP contribution in [0.1, 0.15) is 30.7 Å². The number of halogens is 1. The number of piperidine rings is 1. The van der Waals surface area contributed by atoms with Gasteiger partial charge in [0.2, 0.25) is 0 Å². The first kappa shape index (κ1) is 12.5. The van der Waals surface area contributed by atoms with E-state index in [2.05, 4.69) is 17.4 Å². The molecule has 1 aromatic carbocycles. The van der Waals surface area contributed by atoms with E-state index in [0.29, 0.717) is 23.9 Å². The van der Waals surface area contributed by atoms with Gasteiger partial charge in [0.25, 0.3) is 0 Å². The van der Waals surface area contributed by atoms with Crippen molar-refractivity contribution in [2.75, 3.05) is 13.7 Å². The molecule has 2 aliphatic rings. The molecule has 0 spiro atoms. The summed E-state index contributed by atoms with van der Waals surface area (Å²) in [6, 6.07) is 9.70. The molecule has 2 nitrogen and oxygen atoms in total. The van der Waals surface area contributed by atoms with Gasteiger partial charge in [0, 0.05) is 30.1 Å². The molecular weight excluding hydrogens is 246 g/mol. The molecule has 0 saturated carbocycles. The summed E-state index contributed by atoms with van der Waals surface area (Å²) in [5, 5.41) is 4.55. The van der Waals surface area contributed by atoms with Gasteiger partial charge in [-0.25, -0.2) is 0 Å². The quantitative estimate of drug-likeness (QED) is 0.906. The van der Waals surface area contributed by atoms with E-state index in [1.54, 1.807) is 7.11 Å². The Kier molecular flexibility index (Phi) is 3.60. The van der Waals surface area contributed by atoms with Crippen LogP contribution in [0.5, 0.6) is 0 Å². The van der Waals surface area contributed by atoms with Gasteiger partial charge in [-0.1, -0.05) is 23.7 Å². The van der Waals surface area contributed by atoms with Crippen molar-refractivity contribution in [3.8, 4) is 0 Å². The third-order valence-corrected chi connectivity index (χ3v) is 4.76. The molecule has 0 aliphatic carbocycles. The Morgan fingerprint density at radius 3 is 2.78 bits per heavy atom. The minimum atomic E-state index is 0.593. The molecule has 3 heteroatoms. The summed E-state index contributed by atoms with van der Waals surface area (Å²) in [5.74, 6) is 1.20. The largest absolute Gasteiger partial charge is 0.384 e. The number of nitrogens with one attached hydrogen (secondary N) is 1. The Morgan fingerprint density at radius 2 is 2.06 bits per heavy atom. The average molecular weight is 266 g/mol. The van der Waals surface area contributed by atoms with Gasteiger partial charge in [-0.2, -0.15) is 0 Å². The fourth-order valence-corrected chi connectivity index (χ4v) is 3.78. The van der Waals surface area contributed by atoms with E-state index in [0.717, 1.165) is 11.6 Å². The van der Waals surface area contributed by atoms with E-state index in [9.17, 15) is 0 Å². The molecular formula is C15H20ClNO. The second kappa shape index (κ2) is 5.20. The summed E-state index contributed by atoms with van der Waals surface area (Å²) >= 11 is 5.98. The fraction of sp³-hybridized carbons (Fsp3) is 0.600. The van der Waals surface area contributed by atoms with E-state index >= 15 is 0 Å². The highest BCUT2D eigenvalue weighted by Crippen LogP contribution is 2.41. The zero-order valence-electron chi connectivity index (χ0n) is 10.7. The van der Waals surface area contributed by atoms with Crippen LogP contribution in [0.15, 0.2) is 24.3 Å². The predicted octanol–water partition coefficient (Wildman–Crippen LogP) is 3.21. The Hall–Kier alpha value is -0.570. The van der Waals surface area contributed by atoms with Crippen LogP contribution >= 0.6 is 11.6 Å². The van der Waals surface area contributed by atoms with Crippen LogP contribution in [-0.2, 0) is 4.74 Å². The fourth-order valence-electron chi connectivity index (χ4n) is 3.65. The smallest absolute Gasteiger partial charge is 0.0511 e.